The van der Waals surface area contributed by atoms with Crippen LogP contribution in [0.15, 0.2) is 39.4 Å². The number of nitrogens with one attached hydrogen (secondary N) is 1. The molecule has 0 amide bonds. The third kappa shape index (κ3) is 2.54. The van der Waals surface area contributed by atoms with E-state index in [0.717, 1.165) is 10.2 Å². The van der Waals surface area contributed by atoms with Crippen molar-refractivity contribution in [2.24, 2.45) is 0 Å². The number of furan rings is 1. The fourth-order valence-corrected chi connectivity index (χ4v) is 3.04. The van der Waals surface area contributed by atoms with Gasteiger partial charge in [0.1, 0.15) is 0 Å². The van der Waals surface area contributed by atoms with Crippen LogP contribution in [0.1, 0.15) is 0 Å². The number of hydrogen-bond acceptors (Lipinski definition) is 9. The Morgan fingerprint density at radius 2 is 1.96 bits per heavy atom. The normalized spacial score (nSPS) is 10.9. The number of methoxy groups -OCH3 is 2. The molecule has 24 heavy (non-hydrogen) atoms. The topological polar surface area (TPSA) is 95.4 Å². The molecule has 0 radical (unpaired) electrons. The van der Waals surface area contributed by atoms with Crippen LogP contribution in [0.4, 0.5) is 11.1 Å². The van der Waals surface area contributed by atoms with Gasteiger partial charge in [0.15, 0.2) is 22.4 Å². The average Bonchev–Trinajstić information content (AvgIpc) is 3.33. The first kappa shape index (κ1) is 14.5. The Bertz CT molecular complexity index is 936. The molecule has 4 rings (SSSR count). The van der Waals surface area contributed by atoms with Gasteiger partial charge < -0.3 is 18.3 Å². The molecule has 0 bridgehead atoms. The van der Waals surface area contributed by atoms with Gasteiger partial charge in [-0.1, -0.05) is 16.4 Å². The smallest absolute Gasteiger partial charge is 0.322 e. The fourth-order valence-electron chi connectivity index (χ4n) is 2.17. The van der Waals surface area contributed by atoms with Crippen molar-refractivity contribution in [2.45, 2.75) is 0 Å². The lowest BCUT2D eigenvalue weighted by Crippen LogP contribution is -1.90. The van der Waals surface area contributed by atoms with E-state index in [1.54, 1.807) is 32.6 Å². The number of hydrogen-bond donors (Lipinski definition) is 1. The van der Waals surface area contributed by atoms with Gasteiger partial charge in [0.25, 0.3) is 5.89 Å². The zero-order valence-electron chi connectivity index (χ0n) is 12.8. The third-order valence-corrected chi connectivity index (χ3v) is 4.20. The molecule has 9 heteroatoms. The van der Waals surface area contributed by atoms with E-state index in [9.17, 15) is 0 Å². The van der Waals surface area contributed by atoms with Crippen LogP contribution >= 0.6 is 11.3 Å². The largest absolute Gasteiger partial charge is 0.493 e. The second-order valence-corrected chi connectivity index (χ2v) is 5.74. The third-order valence-electron chi connectivity index (χ3n) is 3.26. The molecule has 0 spiro atoms. The van der Waals surface area contributed by atoms with Crippen molar-refractivity contribution in [3.63, 3.8) is 0 Å². The highest BCUT2D eigenvalue weighted by Gasteiger charge is 2.14. The van der Waals surface area contributed by atoms with Crippen LogP contribution < -0.4 is 14.8 Å². The molecule has 0 aliphatic rings. The van der Waals surface area contributed by atoms with Gasteiger partial charge in [-0.05, 0) is 12.1 Å². The highest BCUT2D eigenvalue weighted by atomic mass is 32.1. The Morgan fingerprint density at radius 1 is 1.12 bits per heavy atom. The van der Waals surface area contributed by atoms with Crippen LogP contribution in [-0.4, -0.2) is 29.4 Å². The van der Waals surface area contributed by atoms with Gasteiger partial charge in [0.2, 0.25) is 0 Å². The number of anilines is 2. The Hall–Kier alpha value is -3.07. The van der Waals surface area contributed by atoms with Crippen molar-refractivity contribution in [1.29, 1.82) is 0 Å². The van der Waals surface area contributed by atoms with Crippen molar-refractivity contribution in [1.82, 2.24) is 15.2 Å². The SMILES string of the molecule is COc1cc2nc(Nc3nnc(-c4ccco4)o3)sc2cc1OC. The van der Waals surface area contributed by atoms with E-state index >= 15 is 0 Å². The van der Waals surface area contributed by atoms with Crippen molar-refractivity contribution in [3.8, 4) is 23.1 Å². The summed E-state index contributed by atoms with van der Waals surface area (Å²) in [7, 11) is 3.18. The maximum Gasteiger partial charge on any atom is 0.322 e. The minimum atomic E-state index is 0.236. The van der Waals surface area contributed by atoms with E-state index in [1.165, 1.54) is 11.3 Å². The average molecular weight is 344 g/mol. The molecule has 0 aliphatic carbocycles. The summed E-state index contributed by atoms with van der Waals surface area (Å²) in [5.41, 5.74) is 0.783. The van der Waals surface area contributed by atoms with Gasteiger partial charge in [-0.3, -0.25) is 5.32 Å². The molecule has 3 heterocycles. The van der Waals surface area contributed by atoms with Crippen LogP contribution in [0, 0.1) is 0 Å². The zero-order chi connectivity index (χ0) is 16.5. The molecule has 1 N–H and O–H groups in total. The van der Waals surface area contributed by atoms with Crippen LogP contribution in [0.5, 0.6) is 11.5 Å². The molecule has 4 aromatic rings. The molecule has 122 valence electrons. The Morgan fingerprint density at radius 3 is 2.71 bits per heavy atom. The summed E-state index contributed by atoms with van der Waals surface area (Å²) < 4.78 is 22.3. The van der Waals surface area contributed by atoms with Crippen LogP contribution in [0.2, 0.25) is 0 Å². The van der Waals surface area contributed by atoms with E-state index in [0.29, 0.717) is 28.3 Å². The minimum Gasteiger partial charge on any atom is -0.493 e. The molecule has 0 atom stereocenters. The molecule has 8 nitrogen and oxygen atoms in total. The standard InChI is InChI=1S/C15H12N4O4S/c1-20-10-6-8-12(7-11(10)21-2)24-15(16-8)17-14-19-18-13(23-14)9-4-3-5-22-9/h3-7H,1-2H3,(H,16,17,19). The molecule has 3 aromatic heterocycles. The number of nitrogens with zero attached hydrogens (tertiary/aromatic N) is 3. The van der Waals surface area contributed by atoms with Crippen molar-refractivity contribution >= 4 is 32.7 Å². The Balaban J connectivity index is 1.63. The van der Waals surface area contributed by atoms with E-state index < -0.39 is 0 Å². The number of rotatable bonds is 5. The quantitative estimate of drug-likeness (QED) is 0.585. The lowest BCUT2D eigenvalue weighted by Gasteiger charge is -2.05. The molecule has 1 aromatic carbocycles. The van der Waals surface area contributed by atoms with Gasteiger partial charge in [-0.15, -0.1) is 5.10 Å². The zero-order valence-corrected chi connectivity index (χ0v) is 13.6. The lowest BCUT2D eigenvalue weighted by atomic mass is 10.3. The van der Waals surface area contributed by atoms with E-state index in [1.807, 2.05) is 12.1 Å². The number of benzene rings is 1. The predicted molar refractivity (Wildman–Crippen MR) is 88.0 cm³/mol. The fraction of sp³-hybridized carbons (Fsp3) is 0.133. The number of thiazole rings is 1. The Kier molecular flexibility index (Phi) is 3.54. The van der Waals surface area contributed by atoms with E-state index in [-0.39, 0.29) is 6.01 Å². The van der Waals surface area contributed by atoms with Gasteiger partial charge in [-0.2, -0.15) is 0 Å². The molecule has 0 saturated carbocycles. The maximum absolute atomic E-state index is 5.51. The molecule has 0 saturated heterocycles. The summed E-state index contributed by atoms with van der Waals surface area (Å²) in [5.74, 6) is 2.08. The molecular weight excluding hydrogens is 332 g/mol. The summed E-state index contributed by atoms with van der Waals surface area (Å²) >= 11 is 1.44. The van der Waals surface area contributed by atoms with Gasteiger partial charge in [-0.25, -0.2) is 4.98 Å². The van der Waals surface area contributed by atoms with Crippen LogP contribution in [-0.2, 0) is 0 Å². The van der Waals surface area contributed by atoms with Crippen molar-refractivity contribution in [2.75, 3.05) is 19.5 Å². The minimum absolute atomic E-state index is 0.236. The van der Waals surface area contributed by atoms with Crippen molar-refractivity contribution in [3.05, 3.63) is 30.5 Å². The lowest BCUT2D eigenvalue weighted by molar-refractivity contribution is 0.356. The molecule has 0 unspecified atom stereocenters. The molecule has 0 fully saturated rings. The van der Waals surface area contributed by atoms with E-state index in [4.69, 9.17) is 18.3 Å². The van der Waals surface area contributed by atoms with Crippen molar-refractivity contribution < 1.29 is 18.3 Å². The first-order chi connectivity index (χ1) is 11.8. The predicted octanol–water partition coefficient (Wildman–Crippen LogP) is 3.70. The number of ether oxygens (including phenoxy) is 2. The summed E-state index contributed by atoms with van der Waals surface area (Å²) in [5, 5.41) is 11.5. The van der Waals surface area contributed by atoms with Gasteiger partial charge >= 0.3 is 6.01 Å². The molecular formula is C15H12N4O4S. The summed E-state index contributed by atoms with van der Waals surface area (Å²) in [4.78, 5) is 4.48. The highest BCUT2D eigenvalue weighted by Crippen LogP contribution is 2.36. The Labute approximate surface area is 140 Å². The second kappa shape index (κ2) is 5.85. The van der Waals surface area contributed by atoms with Crippen LogP contribution in [0.3, 0.4) is 0 Å². The first-order valence-electron chi connectivity index (χ1n) is 6.94. The van der Waals surface area contributed by atoms with Gasteiger partial charge in [0.05, 0.1) is 30.7 Å². The maximum atomic E-state index is 5.51. The summed E-state index contributed by atoms with van der Waals surface area (Å²) in [6.07, 6.45) is 1.54. The highest BCUT2D eigenvalue weighted by molar-refractivity contribution is 7.22. The molecule has 0 aliphatic heterocycles. The number of fused-ring (bicyclic) bond motifs is 1. The van der Waals surface area contributed by atoms with Gasteiger partial charge in [0, 0.05) is 12.1 Å². The summed E-state index contributed by atoms with van der Waals surface area (Å²) in [6, 6.07) is 7.42. The van der Waals surface area contributed by atoms with E-state index in [2.05, 4.69) is 20.5 Å². The second-order valence-electron chi connectivity index (χ2n) is 4.71. The first-order valence-corrected chi connectivity index (χ1v) is 7.75. The summed E-state index contributed by atoms with van der Waals surface area (Å²) in [6.45, 7) is 0. The van der Waals surface area contributed by atoms with Crippen LogP contribution in [0.25, 0.3) is 21.9 Å². The monoisotopic (exact) mass is 344 g/mol. The number of aromatic nitrogens is 3.